The summed E-state index contributed by atoms with van der Waals surface area (Å²) in [7, 11) is 0. The van der Waals surface area contributed by atoms with Crippen LogP contribution in [0.15, 0.2) is 64.1 Å². The maximum atomic E-state index is 4.52. The molecule has 0 aliphatic heterocycles. The summed E-state index contributed by atoms with van der Waals surface area (Å²) in [5.74, 6) is 0.908. The van der Waals surface area contributed by atoms with Gasteiger partial charge in [-0.1, -0.05) is 42.5 Å². The third kappa shape index (κ3) is 3.70. The molecule has 0 heterocycles. The van der Waals surface area contributed by atoms with Crippen LogP contribution in [0.25, 0.3) is 0 Å². The number of para-hydroxylation sites is 1. The molecule has 18 heavy (non-hydrogen) atoms. The van der Waals surface area contributed by atoms with Gasteiger partial charge in [0, 0.05) is 4.47 Å². The van der Waals surface area contributed by atoms with Crippen LogP contribution in [0.5, 0.6) is 0 Å². The van der Waals surface area contributed by atoms with Crippen LogP contribution < -0.4 is 5.32 Å². The molecule has 0 aliphatic carbocycles. The number of benzene rings is 2. The molecule has 0 atom stereocenters. The van der Waals surface area contributed by atoms with E-state index in [0.29, 0.717) is 6.54 Å². The van der Waals surface area contributed by atoms with Gasteiger partial charge < -0.3 is 5.32 Å². The van der Waals surface area contributed by atoms with Crippen LogP contribution >= 0.6 is 15.9 Å². The van der Waals surface area contributed by atoms with E-state index in [0.717, 1.165) is 16.0 Å². The molecule has 2 rings (SSSR count). The highest BCUT2D eigenvalue weighted by molar-refractivity contribution is 9.10. The van der Waals surface area contributed by atoms with Gasteiger partial charge in [-0.3, -0.25) is 4.99 Å². The van der Waals surface area contributed by atoms with Gasteiger partial charge in [-0.2, -0.15) is 0 Å². The van der Waals surface area contributed by atoms with Crippen LogP contribution in [0.3, 0.4) is 0 Å². The Balaban J connectivity index is 2.00. The van der Waals surface area contributed by atoms with Crippen molar-refractivity contribution in [2.45, 2.75) is 13.5 Å². The lowest BCUT2D eigenvalue weighted by atomic mass is 10.2. The maximum Gasteiger partial charge on any atom is 0.0979 e. The van der Waals surface area contributed by atoms with Gasteiger partial charge in [-0.25, -0.2) is 0 Å². The summed E-state index contributed by atoms with van der Waals surface area (Å²) in [6, 6.07) is 18.2. The van der Waals surface area contributed by atoms with Crippen molar-refractivity contribution in [3.8, 4) is 0 Å². The first kappa shape index (κ1) is 12.8. The summed E-state index contributed by atoms with van der Waals surface area (Å²) in [5.41, 5.74) is 2.25. The molecule has 0 radical (unpaired) electrons. The van der Waals surface area contributed by atoms with E-state index in [9.17, 15) is 0 Å². The fourth-order valence-corrected chi connectivity index (χ4v) is 1.97. The van der Waals surface area contributed by atoms with Gasteiger partial charge in [-0.05, 0) is 40.5 Å². The number of anilines is 1. The van der Waals surface area contributed by atoms with Crippen LogP contribution in [-0.2, 0) is 6.54 Å². The van der Waals surface area contributed by atoms with Gasteiger partial charge in [0.05, 0.1) is 18.1 Å². The van der Waals surface area contributed by atoms with Gasteiger partial charge >= 0.3 is 0 Å². The monoisotopic (exact) mass is 302 g/mol. The molecular weight excluding hydrogens is 288 g/mol. The average Bonchev–Trinajstić information content (AvgIpc) is 2.40. The van der Waals surface area contributed by atoms with Crippen molar-refractivity contribution < 1.29 is 0 Å². The summed E-state index contributed by atoms with van der Waals surface area (Å²) >= 11 is 3.50. The summed E-state index contributed by atoms with van der Waals surface area (Å²) in [5, 5.41) is 3.28. The van der Waals surface area contributed by atoms with E-state index in [1.807, 2.05) is 49.4 Å². The Labute approximate surface area is 116 Å². The van der Waals surface area contributed by atoms with E-state index in [4.69, 9.17) is 0 Å². The lowest BCUT2D eigenvalue weighted by Crippen LogP contribution is -2.08. The molecule has 2 aromatic rings. The largest absolute Gasteiger partial charge is 0.343 e. The Hall–Kier alpha value is -1.61. The molecule has 0 spiro atoms. The van der Waals surface area contributed by atoms with Crippen molar-refractivity contribution in [3.05, 3.63) is 64.6 Å². The summed E-state index contributed by atoms with van der Waals surface area (Å²) in [6.07, 6.45) is 0. The normalized spacial score (nSPS) is 11.3. The molecule has 0 saturated heterocycles. The van der Waals surface area contributed by atoms with Crippen LogP contribution in [-0.4, -0.2) is 5.84 Å². The molecule has 0 aromatic heterocycles. The maximum absolute atomic E-state index is 4.52. The van der Waals surface area contributed by atoms with E-state index < -0.39 is 0 Å². The van der Waals surface area contributed by atoms with Crippen molar-refractivity contribution in [2.75, 3.05) is 5.32 Å². The third-order valence-corrected chi connectivity index (χ3v) is 3.22. The molecule has 0 aliphatic rings. The molecule has 3 heteroatoms. The highest BCUT2D eigenvalue weighted by atomic mass is 79.9. The molecule has 0 fully saturated rings. The smallest absolute Gasteiger partial charge is 0.0979 e. The number of nitrogens with one attached hydrogen (secondary N) is 1. The minimum Gasteiger partial charge on any atom is -0.343 e. The Morgan fingerprint density at radius 1 is 1.06 bits per heavy atom. The molecule has 0 amide bonds. The Bertz CT molecular complexity index is 535. The predicted molar refractivity (Wildman–Crippen MR) is 81.0 cm³/mol. The molecule has 2 nitrogen and oxygen atoms in total. The number of hydrogen-bond donors (Lipinski definition) is 1. The summed E-state index contributed by atoms with van der Waals surface area (Å²) < 4.78 is 1.04. The van der Waals surface area contributed by atoms with Crippen LogP contribution in [0, 0.1) is 0 Å². The molecule has 0 bridgehead atoms. The van der Waals surface area contributed by atoms with Crippen molar-refractivity contribution in [2.24, 2.45) is 4.99 Å². The van der Waals surface area contributed by atoms with Gasteiger partial charge in [0.15, 0.2) is 0 Å². The SMILES string of the molecule is CC(=NCc1ccccc1)Nc1ccccc1Br. The zero-order valence-corrected chi connectivity index (χ0v) is 11.8. The third-order valence-electron chi connectivity index (χ3n) is 2.53. The first-order chi connectivity index (χ1) is 8.75. The van der Waals surface area contributed by atoms with E-state index >= 15 is 0 Å². The van der Waals surface area contributed by atoms with Gasteiger partial charge in [-0.15, -0.1) is 0 Å². The molecule has 0 saturated carbocycles. The lowest BCUT2D eigenvalue weighted by molar-refractivity contribution is 1.06. The van der Waals surface area contributed by atoms with Crippen molar-refractivity contribution in [1.82, 2.24) is 0 Å². The molecule has 2 aromatic carbocycles. The Kier molecular flexibility index (Phi) is 4.53. The minimum absolute atomic E-state index is 0.699. The topological polar surface area (TPSA) is 24.4 Å². The summed E-state index contributed by atoms with van der Waals surface area (Å²) in [6.45, 7) is 2.67. The van der Waals surface area contributed by atoms with Crippen molar-refractivity contribution in [3.63, 3.8) is 0 Å². The highest BCUT2D eigenvalue weighted by Gasteiger charge is 1.98. The van der Waals surface area contributed by atoms with Crippen LogP contribution in [0.4, 0.5) is 5.69 Å². The zero-order chi connectivity index (χ0) is 12.8. The number of halogens is 1. The number of hydrogen-bond acceptors (Lipinski definition) is 1. The molecular formula is C15H15BrN2. The van der Waals surface area contributed by atoms with E-state index in [1.165, 1.54) is 5.56 Å². The highest BCUT2D eigenvalue weighted by Crippen LogP contribution is 2.21. The van der Waals surface area contributed by atoms with Gasteiger partial charge in [0.25, 0.3) is 0 Å². The van der Waals surface area contributed by atoms with Gasteiger partial charge in [0.1, 0.15) is 0 Å². The first-order valence-corrected chi connectivity index (χ1v) is 6.61. The predicted octanol–water partition coefficient (Wildman–Crippen LogP) is 4.48. The van der Waals surface area contributed by atoms with Gasteiger partial charge in [0.2, 0.25) is 0 Å². The minimum atomic E-state index is 0.699. The number of aliphatic imine (C=N–C) groups is 1. The Morgan fingerprint density at radius 3 is 2.44 bits per heavy atom. The van der Waals surface area contributed by atoms with Crippen LogP contribution in [0.1, 0.15) is 12.5 Å². The number of nitrogens with zero attached hydrogens (tertiary/aromatic N) is 1. The average molecular weight is 303 g/mol. The molecule has 1 N–H and O–H groups in total. The fourth-order valence-electron chi connectivity index (χ4n) is 1.59. The number of rotatable bonds is 3. The van der Waals surface area contributed by atoms with E-state index in [-0.39, 0.29) is 0 Å². The van der Waals surface area contributed by atoms with Crippen molar-refractivity contribution in [1.29, 1.82) is 0 Å². The first-order valence-electron chi connectivity index (χ1n) is 5.82. The Morgan fingerprint density at radius 2 is 1.72 bits per heavy atom. The second kappa shape index (κ2) is 6.36. The quantitative estimate of drug-likeness (QED) is 0.656. The van der Waals surface area contributed by atoms with E-state index in [1.54, 1.807) is 0 Å². The lowest BCUT2D eigenvalue weighted by Gasteiger charge is -2.07. The van der Waals surface area contributed by atoms with Crippen LogP contribution in [0.2, 0.25) is 0 Å². The molecule has 92 valence electrons. The zero-order valence-electron chi connectivity index (χ0n) is 10.2. The number of amidine groups is 1. The summed E-state index contributed by atoms with van der Waals surface area (Å²) in [4.78, 5) is 4.52. The van der Waals surface area contributed by atoms with E-state index in [2.05, 4.69) is 38.4 Å². The second-order valence-electron chi connectivity index (χ2n) is 3.99. The standard InChI is InChI=1S/C15H15BrN2/c1-12(17-11-13-7-3-2-4-8-13)18-15-10-6-5-9-14(15)16/h2-10H,11H2,1H3,(H,17,18). The molecule has 0 unspecified atom stereocenters. The van der Waals surface area contributed by atoms with Crippen molar-refractivity contribution >= 4 is 27.5 Å². The second-order valence-corrected chi connectivity index (χ2v) is 4.85. The fraction of sp³-hybridized carbons (Fsp3) is 0.133.